The van der Waals surface area contributed by atoms with E-state index in [0.717, 1.165) is 6.20 Å². The summed E-state index contributed by atoms with van der Waals surface area (Å²) >= 11 is 8.56. The van der Waals surface area contributed by atoms with E-state index in [2.05, 4.69) is 25.7 Å². The van der Waals surface area contributed by atoms with Gasteiger partial charge in [-0.2, -0.15) is 0 Å². The van der Waals surface area contributed by atoms with E-state index in [1.807, 2.05) is 0 Å². The van der Waals surface area contributed by atoms with Crippen molar-refractivity contribution in [3.05, 3.63) is 21.4 Å². The molecule has 1 aromatic heterocycles. The van der Waals surface area contributed by atoms with Gasteiger partial charge in [0.2, 0.25) is 0 Å². The van der Waals surface area contributed by atoms with Crippen molar-refractivity contribution >= 4 is 27.5 Å². The summed E-state index contributed by atoms with van der Waals surface area (Å²) in [5.41, 5.74) is 5.56. The molecule has 0 saturated carbocycles. The van der Waals surface area contributed by atoms with Crippen LogP contribution in [0.4, 0.5) is 13.2 Å². The van der Waals surface area contributed by atoms with Gasteiger partial charge in [-0.3, -0.25) is 4.98 Å². The molecule has 0 amide bonds. The van der Waals surface area contributed by atoms with E-state index in [0.29, 0.717) is 0 Å². The van der Waals surface area contributed by atoms with Crippen molar-refractivity contribution in [3.63, 3.8) is 0 Å². The Morgan fingerprint density at radius 2 is 2.13 bits per heavy atom. The highest BCUT2D eigenvalue weighted by Gasteiger charge is 2.32. The second-order valence-corrected chi connectivity index (χ2v) is 3.62. The van der Waals surface area contributed by atoms with E-state index in [-0.39, 0.29) is 21.7 Å². The molecule has 1 aromatic rings. The maximum absolute atomic E-state index is 11.9. The molecule has 8 heteroatoms. The van der Waals surface area contributed by atoms with Crippen LogP contribution in [0.25, 0.3) is 0 Å². The first-order chi connectivity index (χ1) is 6.85. The van der Waals surface area contributed by atoms with E-state index in [1.54, 1.807) is 0 Å². The van der Waals surface area contributed by atoms with E-state index in [1.165, 1.54) is 0 Å². The third kappa shape index (κ3) is 3.22. The molecule has 0 fully saturated rings. The van der Waals surface area contributed by atoms with Gasteiger partial charge in [-0.25, -0.2) is 0 Å². The fourth-order valence-electron chi connectivity index (χ4n) is 0.823. The standard InChI is InChI=1S/C7H5BrClF3N2O/c8-5-4(15-7(10,11)12)2-14-3(1-13)6(5)9/h2H,1,13H2. The maximum Gasteiger partial charge on any atom is 0.573 e. The average molecular weight is 305 g/mol. The monoisotopic (exact) mass is 304 g/mol. The molecule has 3 nitrogen and oxygen atoms in total. The SMILES string of the molecule is NCc1ncc(OC(F)(F)F)c(Br)c1Cl. The van der Waals surface area contributed by atoms with Gasteiger partial charge >= 0.3 is 6.36 Å². The smallest absolute Gasteiger partial charge is 0.403 e. The highest BCUT2D eigenvalue weighted by molar-refractivity contribution is 9.10. The summed E-state index contributed by atoms with van der Waals surface area (Å²) in [4.78, 5) is 3.63. The van der Waals surface area contributed by atoms with Crippen LogP contribution in [0.1, 0.15) is 5.69 Å². The van der Waals surface area contributed by atoms with Gasteiger partial charge in [0.25, 0.3) is 0 Å². The lowest BCUT2D eigenvalue weighted by Crippen LogP contribution is -2.18. The zero-order valence-electron chi connectivity index (χ0n) is 7.11. The zero-order valence-corrected chi connectivity index (χ0v) is 9.45. The molecule has 1 rings (SSSR count). The van der Waals surface area contributed by atoms with Gasteiger partial charge < -0.3 is 10.5 Å². The summed E-state index contributed by atoms with van der Waals surface area (Å²) in [5.74, 6) is -0.496. The molecule has 0 unspecified atom stereocenters. The van der Waals surface area contributed by atoms with Gasteiger partial charge in [0.05, 0.1) is 21.4 Å². The van der Waals surface area contributed by atoms with Crippen molar-refractivity contribution in [2.24, 2.45) is 5.73 Å². The predicted molar refractivity (Wildman–Crippen MR) is 51.5 cm³/mol. The van der Waals surface area contributed by atoms with Crippen LogP contribution in [-0.2, 0) is 6.54 Å². The fraction of sp³-hybridized carbons (Fsp3) is 0.286. The Bertz CT molecular complexity index is 372. The number of rotatable bonds is 2. The Balaban J connectivity index is 3.07. The first-order valence-corrected chi connectivity index (χ1v) is 4.81. The largest absolute Gasteiger partial charge is 0.573 e. The third-order valence-electron chi connectivity index (χ3n) is 1.42. The molecule has 0 aliphatic rings. The van der Waals surface area contributed by atoms with Crippen LogP contribution in [0, 0.1) is 0 Å². The summed E-state index contributed by atoms with van der Waals surface area (Å²) in [5, 5.41) is 0.0132. The number of pyridine rings is 1. The van der Waals surface area contributed by atoms with E-state index in [4.69, 9.17) is 17.3 Å². The summed E-state index contributed by atoms with van der Waals surface area (Å²) in [6, 6.07) is 0. The lowest BCUT2D eigenvalue weighted by Gasteiger charge is -2.11. The first-order valence-electron chi connectivity index (χ1n) is 3.64. The van der Waals surface area contributed by atoms with E-state index < -0.39 is 12.1 Å². The van der Waals surface area contributed by atoms with Crippen LogP contribution >= 0.6 is 27.5 Å². The molecule has 15 heavy (non-hydrogen) atoms. The highest BCUT2D eigenvalue weighted by Crippen LogP contribution is 2.36. The maximum atomic E-state index is 11.9. The molecule has 0 saturated heterocycles. The van der Waals surface area contributed by atoms with Crippen LogP contribution < -0.4 is 10.5 Å². The van der Waals surface area contributed by atoms with Crippen molar-refractivity contribution in [2.45, 2.75) is 12.9 Å². The number of alkyl halides is 3. The number of nitrogens with zero attached hydrogens (tertiary/aromatic N) is 1. The molecule has 0 bridgehead atoms. The topological polar surface area (TPSA) is 48.1 Å². The van der Waals surface area contributed by atoms with Gasteiger partial charge in [-0.05, 0) is 15.9 Å². The molecule has 0 radical (unpaired) electrons. The Hall–Kier alpha value is -0.530. The summed E-state index contributed by atoms with van der Waals surface area (Å²) in [6.45, 7) is 0.0315. The Kier molecular flexibility index (Phi) is 3.80. The van der Waals surface area contributed by atoms with Gasteiger partial charge in [-0.1, -0.05) is 11.6 Å². The van der Waals surface area contributed by atoms with Crippen molar-refractivity contribution in [2.75, 3.05) is 0 Å². The van der Waals surface area contributed by atoms with E-state index >= 15 is 0 Å². The molecule has 0 aromatic carbocycles. The van der Waals surface area contributed by atoms with Crippen LogP contribution in [0.2, 0.25) is 5.02 Å². The minimum absolute atomic E-state index is 0.0132. The molecule has 0 aliphatic carbocycles. The fourth-order valence-corrected chi connectivity index (χ4v) is 1.45. The summed E-state index contributed by atoms with van der Waals surface area (Å²) in [6.07, 6.45) is -3.87. The minimum atomic E-state index is -4.78. The Morgan fingerprint density at radius 1 is 1.53 bits per heavy atom. The second kappa shape index (κ2) is 4.54. The van der Waals surface area contributed by atoms with Crippen LogP contribution in [0.5, 0.6) is 5.75 Å². The Labute approximate surface area is 96.5 Å². The molecule has 0 atom stereocenters. The number of hydrogen-bond acceptors (Lipinski definition) is 3. The molecule has 2 N–H and O–H groups in total. The quantitative estimate of drug-likeness (QED) is 0.914. The van der Waals surface area contributed by atoms with Crippen molar-refractivity contribution in [1.82, 2.24) is 4.98 Å². The summed E-state index contributed by atoms with van der Waals surface area (Å²) < 4.78 is 39.4. The first kappa shape index (κ1) is 12.5. The summed E-state index contributed by atoms with van der Waals surface area (Å²) in [7, 11) is 0. The molecule has 0 spiro atoms. The Morgan fingerprint density at radius 3 is 2.60 bits per heavy atom. The van der Waals surface area contributed by atoms with E-state index in [9.17, 15) is 13.2 Å². The normalized spacial score (nSPS) is 11.6. The lowest BCUT2D eigenvalue weighted by atomic mass is 10.3. The van der Waals surface area contributed by atoms with Crippen molar-refractivity contribution in [3.8, 4) is 5.75 Å². The molecular formula is C7H5BrClF3N2O. The van der Waals surface area contributed by atoms with Crippen LogP contribution in [0.15, 0.2) is 10.7 Å². The minimum Gasteiger partial charge on any atom is -0.403 e. The van der Waals surface area contributed by atoms with Gasteiger partial charge in [0, 0.05) is 6.54 Å². The van der Waals surface area contributed by atoms with Crippen LogP contribution in [-0.4, -0.2) is 11.3 Å². The second-order valence-electron chi connectivity index (χ2n) is 2.45. The molecular weight excluding hydrogens is 300 g/mol. The zero-order chi connectivity index (χ0) is 11.6. The lowest BCUT2D eigenvalue weighted by molar-refractivity contribution is -0.275. The number of nitrogens with two attached hydrogens (primary N) is 1. The van der Waals surface area contributed by atoms with Gasteiger partial charge in [0.1, 0.15) is 0 Å². The molecule has 84 valence electrons. The van der Waals surface area contributed by atoms with Crippen molar-refractivity contribution in [1.29, 1.82) is 0 Å². The third-order valence-corrected chi connectivity index (χ3v) is 2.84. The number of aromatic nitrogens is 1. The average Bonchev–Trinajstić information content (AvgIpc) is 2.11. The highest BCUT2D eigenvalue weighted by atomic mass is 79.9. The van der Waals surface area contributed by atoms with Gasteiger partial charge in [0.15, 0.2) is 5.75 Å². The number of hydrogen-bond donors (Lipinski definition) is 1. The predicted octanol–water partition coefficient (Wildman–Crippen LogP) is 2.85. The molecule has 0 aliphatic heterocycles. The van der Waals surface area contributed by atoms with Gasteiger partial charge in [-0.15, -0.1) is 13.2 Å². The van der Waals surface area contributed by atoms with Crippen molar-refractivity contribution < 1.29 is 17.9 Å². The number of ether oxygens (including phenoxy) is 1. The number of halogens is 5. The molecule has 1 heterocycles. The van der Waals surface area contributed by atoms with Crippen LogP contribution in [0.3, 0.4) is 0 Å².